The fourth-order valence-corrected chi connectivity index (χ4v) is 1.74. The fraction of sp³-hybridized carbons (Fsp3) is 0.286. The topological polar surface area (TPSA) is 25.8 Å². The molecule has 0 bridgehead atoms. The Labute approximate surface area is 96.4 Å². The summed E-state index contributed by atoms with van der Waals surface area (Å²) in [7, 11) is 0. The summed E-state index contributed by atoms with van der Waals surface area (Å²) in [5.41, 5.74) is 2.47. The summed E-state index contributed by atoms with van der Waals surface area (Å²) in [5, 5.41) is 0. The normalized spacial score (nSPS) is 12.3. The van der Waals surface area contributed by atoms with E-state index in [-0.39, 0.29) is 0 Å². The fourth-order valence-electron chi connectivity index (χ4n) is 1.74. The first kappa shape index (κ1) is 10.8. The maximum absolute atomic E-state index is 4.38. The Bertz CT molecular complexity index is 411. The van der Waals surface area contributed by atoms with E-state index in [0.717, 1.165) is 12.8 Å². The summed E-state index contributed by atoms with van der Waals surface area (Å²) >= 11 is 0. The molecule has 0 saturated carbocycles. The molecule has 82 valence electrons. The van der Waals surface area contributed by atoms with Gasteiger partial charge in [-0.1, -0.05) is 19.1 Å². The largest absolute Gasteiger partial charge is 0.264 e. The minimum absolute atomic E-state index is 0.501. The molecule has 0 saturated heterocycles. The molecule has 0 radical (unpaired) electrons. The lowest BCUT2D eigenvalue weighted by atomic mass is 9.98. The Morgan fingerprint density at radius 3 is 2.75 bits per heavy atom. The maximum atomic E-state index is 4.38. The molecule has 1 unspecified atom stereocenters. The molecule has 0 aromatic carbocycles. The second-order valence-electron chi connectivity index (χ2n) is 4.06. The van der Waals surface area contributed by atoms with Crippen LogP contribution in [0.2, 0.25) is 0 Å². The van der Waals surface area contributed by atoms with E-state index in [1.165, 1.54) is 11.3 Å². The summed E-state index contributed by atoms with van der Waals surface area (Å²) < 4.78 is 0. The van der Waals surface area contributed by atoms with Crippen LogP contribution in [-0.2, 0) is 6.42 Å². The maximum Gasteiger partial charge on any atom is 0.0431 e. The average Bonchev–Trinajstić information content (AvgIpc) is 2.38. The first-order valence-corrected chi connectivity index (χ1v) is 5.66. The van der Waals surface area contributed by atoms with E-state index >= 15 is 0 Å². The number of nitrogens with zero attached hydrogens (tertiary/aromatic N) is 2. The second-order valence-corrected chi connectivity index (χ2v) is 4.06. The van der Waals surface area contributed by atoms with Gasteiger partial charge < -0.3 is 0 Å². The number of hydrogen-bond acceptors (Lipinski definition) is 2. The average molecular weight is 212 g/mol. The highest BCUT2D eigenvalue weighted by molar-refractivity contribution is 5.12. The van der Waals surface area contributed by atoms with Gasteiger partial charge in [-0.15, -0.1) is 0 Å². The van der Waals surface area contributed by atoms with Gasteiger partial charge >= 0.3 is 0 Å². The van der Waals surface area contributed by atoms with Crippen LogP contribution >= 0.6 is 0 Å². The van der Waals surface area contributed by atoms with E-state index in [4.69, 9.17) is 0 Å². The predicted octanol–water partition coefficient (Wildman–Crippen LogP) is 3.21. The highest BCUT2D eigenvalue weighted by atomic mass is 14.7. The zero-order chi connectivity index (χ0) is 11.2. The summed E-state index contributed by atoms with van der Waals surface area (Å²) in [5.74, 6) is 0.501. The van der Waals surface area contributed by atoms with Crippen LogP contribution in [0.4, 0.5) is 0 Å². The van der Waals surface area contributed by atoms with Crippen LogP contribution in [0.5, 0.6) is 0 Å². The lowest BCUT2D eigenvalue weighted by molar-refractivity contribution is 0.659. The van der Waals surface area contributed by atoms with Crippen molar-refractivity contribution < 1.29 is 0 Å². The molecule has 16 heavy (non-hydrogen) atoms. The summed E-state index contributed by atoms with van der Waals surface area (Å²) in [4.78, 5) is 8.50. The number of hydrogen-bond donors (Lipinski definition) is 0. The van der Waals surface area contributed by atoms with Crippen LogP contribution in [0.1, 0.15) is 30.5 Å². The number of pyridine rings is 2. The van der Waals surface area contributed by atoms with Gasteiger partial charge in [0, 0.05) is 24.3 Å². The molecule has 0 aliphatic rings. The quantitative estimate of drug-likeness (QED) is 0.777. The summed E-state index contributed by atoms with van der Waals surface area (Å²) in [6, 6.07) is 10.2. The van der Waals surface area contributed by atoms with Gasteiger partial charge in [-0.25, -0.2) is 0 Å². The highest BCUT2D eigenvalue weighted by Gasteiger charge is 2.06. The molecular formula is C14H16N2. The molecule has 0 spiro atoms. The van der Waals surface area contributed by atoms with E-state index in [2.05, 4.69) is 29.0 Å². The standard InChI is InChI=1S/C14H16N2/c1-12(14-6-2-3-10-16-14)7-8-13-5-4-9-15-11-13/h2-6,9-12H,7-8H2,1H3. The smallest absolute Gasteiger partial charge is 0.0431 e. The van der Waals surface area contributed by atoms with Gasteiger partial charge in [0.2, 0.25) is 0 Å². The van der Waals surface area contributed by atoms with Gasteiger partial charge in [0.1, 0.15) is 0 Å². The molecule has 0 N–H and O–H groups in total. The van der Waals surface area contributed by atoms with Gasteiger partial charge in [0.15, 0.2) is 0 Å². The third-order valence-electron chi connectivity index (χ3n) is 2.78. The first-order chi connectivity index (χ1) is 7.86. The van der Waals surface area contributed by atoms with Crippen molar-refractivity contribution in [1.29, 1.82) is 0 Å². The zero-order valence-electron chi connectivity index (χ0n) is 9.50. The van der Waals surface area contributed by atoms with Crippen LogP contribution in [-0.4, -0.2) is 9.97 Å². The van der Waals surface area contributed by atoms with Crippen LogP contribution in [0, 0.1) is 0 Å². The van der Waals surface area contributed by atoms with E-state index in [9.17, 15) is 0 Å². The Balaban J connectivity index is 1.92. The molecule has 0 aliphatic carbocycles. The minimum Gasteiger partial charge on any atom is -0.264 e. The van der Waals surface area contributed by atoms with Gasteiger partial charge in [-0.3, -0.25) is 9.97 Å². The van der Waals surface area contributed by atoms with E-state index in [0.29, 0.717) is 5.92 Å². The van der Waals surface area contributed by atoms with Gasteiger partial charge in [-0.2, -0.15) is 0 Å². The third kappa shape index (κ3) is 2.89. The van der Waals surface area contributed by atoms with E-state index < -0.39 is 0 Å². The van der Waals surface area contributed by atoms with E-state index in [1.807, 2.05) is 36.8 Å². The van der Waals surface area contributed by atoms with Crippen LogP contribution in [0.3, 0.4) is 0 Å². The van der Waals surface area contributed by atoms with Crippen molar-refractivity contribution in [3.05, 3.63) is 60.2 Å². The predicted molar refractivity (Wildman–Crippen MR) is 65.2 cm³/mol. The van der Waals surface area contributed by atoms with Crippen LogP contribution < -0.4 is 0 Å². The van der Waals surface area contributed by atoms with Crippen molar-refractivity contribution in [3.63, 3.8) is 0 Å². The molecule has 0 fully saturated rings. The van der Waals surface area contributed by atoms with Crippen molar-refractivity contribution in [1.82, 2.24) is 9.97 Å². The van der Waals surface area contributed by atoms with E-state index in [1.54, 1.807) is 0 Å². The van der Waals surface area contributed by atoms with Gasteiger partial charge in [0.25, 0.3) is 0 Å². The molecule has 2 heterocycles. The Morgan fingerprint density at radius 2 is 2.06 bits per heavy atom. The molecule has 2 heteroatoms. The first-order valence-electron chi connectivity index (χ1n) is 5.66. The van der Waals surface area contributed by atoms with Crippen LogP contribution in [0.15, 0.2) is 48.9 Å². The molecule has 0 aliphatic heterocycles. The number of aryl methyl sites for hydroxylation is 1. The summed E-state index contributed by atoms with van der Waals surface area (Å²) in [6.07, 6.45) is 7.78. The number of rotatable bonds is 4. The lowest BCUT2D eigenvalue weighted by Crippen LogP contribution is -1.98. The van der Waals surface area contributed by atoms with Crippen molar-refractivity contribution in [2.75, 3.05) is 0 Å². The number of aromatic nitrogens is 2. The lowest BCUT2D eigenvalue weighted by Gasteiger charge is -2.10. The summed E-state index contributed by atoms with van der Waals surface area (Å²) in [6.45, 7) is 2.22. The monoisotopic (exact) mass is 212 g/mol. The molecule has 1 atom stereocenters. The molecule has 2 rings (SSSR count). The van der Waals surface area contributed by atoms with Crippen molar-refractivity contribution in [2.24, 2.45) is 0 Å². The highest BCUT2D eigenvalue weighted by Crippen LogP contribution is 2.18. The molecular weight excluding hydrogens is 196 g/mol. The minimum atomic E-state index is 0.501. The molecule has 0 amide bonds. The SMILES string of the molecule is CC(CCc1cccnc1)c1ccccn1. The molecule has 2 aromatic heterocycles. The van der Waals surface area contributed by atoms with Gasteiger partial charge in [-0.05, 0) is 42.5 Å². The van der Waals surface area contributed by atoms with Crippen LogP contribution in [0.25, 0.3) is 0 Å². The van der Waals surface area contributed by atoms with Gasteiger partial charge in [0.05, 0.1) is 0 Å². The molecule has 2 aromatic rings. The third-order valence-corrected chi connectivity index (χ3v) is 2.78. The van der Waals surface area contributed by atoms with Crippen molar-refractivity contribution in [2.45, 2.75) is 25.7 Å². The Morgan fingerprint density at radius 1 is 1.12 bits per heavy atom. The Kier molecular flexibility index (Phi) is 3.65. The second kappa shape index (κ2) is 5.40. The van der Waals surface area contributed by atoms with Crippen molar-refractivity contribution >= 4 is 0 Å². The zero-order valence-corrected chi connectivity index (χ0v) is 9.50. The molecule has 2 nitrogen and oxygen atoms in total. The van der Waals surface area contributed by atoms with Crippen molar-refractivity contribution in [3.8, 4) is 0 Å². The Hall–Kier alpha value is -1.70.